The van der Waals surface area contributed by atoms with Gasteiger partial charge in [-0.05, 0) is 54.8 Å². The van der Waals surface area contributed by atoms with Crippen molar-refractivity contribution < 1.29 is 9.53 Å². The van der Waals surface area contributed by atoms with E-state index in [4.69, 9.17) is 16.3 Å². The van der Waals surface area contributed by atoms with Crippen LogP contribution in [0.2, 0.25) is 5.02 Å². The lowest BCUT2D eigenvalue weighted by molar-refractivity contribution is 0.0731. The predicted molar refractivity (Wildman–Crippen MR) is 124 cm³/mol. The summed E-state index contributed by atoms with van der Waals surface area (Å²) in [5.41, 5.74) is 2.33. The Bertz CT molecular complexity index is 1240. The summed E-state index contributed by atoms with van der Waals surface area (Å²) in [6, 6.07) is 16.5. The van der Waals surface area contributed by atoms with Gasteiger partial charge in [0.2, 0.25) is 5.88 Å². The van der Waals surface area contributed by atoms with E-state index in [1.54, 1.807) is 42.9 Å². The van der Waals surface area contributed by atoms with Crippen molar-refractivity contribution in [1.82, 2.24) is 24.6 Å². The highest BCUT2D eigenvalue weighted by Gasteiger charge is 2.33. The molecule has 1 aliphatic heterocycles. The normalized spacial score (nSPS) is 15.5. The first-order chi connectivity index (χ1) is 16.2. The molecule has 0 saturated carbocycles. The van der Waals surface area contributed by atoms with Crippen LogP contribution in [0.15, 0.2) is 79.4 Å². The Morgan fingerprint density at radius 1 is 1.09 bits per heavy atom. The number of halogens is 1. The van der Waals surface area contributed by atoms with E-state index in [1.807, 2.05) is 46.1 Å². The molecule has 3 heterocycles. The molecule has 0 aliphatic carbocycles. The maximum Gasteiger partial charge on any atom is 0.254 e. The number of hydrogen-bond acceptors (Lipinski definition) is 5. The molecule has 1 amide bonds. The molecular formula is C25H22ClN5O2. The van der Waals surface area contributed by atoms with Gasteiger partial charge in [0.1, 0.15) is 5.75 Å². The average molecular weight is 460 g/mol. The largest absolute Gasteiger partial charge is 0.437 e. The number of aromatic nitrogens is 4. The molecule has 0 spiro atoms. The van der Waals surface area contributed by atoms with E-state index in [0.717, 1.165) is 24.1 Å². The minimum atomic E-state index is -0.156. The van der Waals surface area contributed by atoms with Crippen LogP contribution in [0.5, 0.6) is 11.6 Å². The summed E-state index contributed by atoms with van der Waals surface area (Å²) in [5.74, 6) is 0.997. The van der Waals surface area contributed by atoms with Crippen molar-refractivity contribution in [3.8, 4) is 11.6 Å². The summed E-state index contributed by atoms with van der Waals surface area (Å²) >= 11 is 5.95. The van der Waals surface area contributed by atoms with Gasteiger partial charge in [0.05, 0.1) is 30.7 Å². The van der Waals surface area contributed by atoms with Gasteiger partial charge in [-0.15, -0.1) is 0 Å². The lowest BCUT2D eigenvalue weighted by atomic mass is 10.0. The van der Waals surface area contributed by atoms with Crippen LogP contribution < -0.4 is 4.74 Å². The van der Waals surface area contributed by atoms with E-state index in [2.05, 4.69) is 15.1 Å². The van der Waals surface area contributed by atoms with Gasteiger partial charge in [-0.3, -0.25) is 14.5 Å². The van der Waals surface area contributed by atoms with Gasteiger partial charge >= 0.3 is 0 Å². The third-order valence-electron chi connectivity index (χ3n) is 5.66. The second kappa shape index (κ2) is 9.42. The topological polar surface area (TPSA) is 73.1 Å². The maximum absolute atomic E-state index is 13.6. The summed E-state index contributed by atoms with van der Waals surface area (Å²) in [5, 5.41) is 4.91. The Balaban J connectivity index is 1.38. The lowest BCUT2D eigenvalue weighted by Gasteiger charge is -2.25. The summed E-state index contributed by atoms with van der Waals surface area (Å²) in [4.78, 5) is 24.4. The average Bonchev–Trinajstić information content (AvgIpc) is 3.53. The monoisotopic (exact) mass is 459 g/mol. The lowest BCUT2D eigenvalue weighted by Crippen LogP contribution is -2.32. The molecule has 1 unspecified atom stereocenters. The van der Waals surface area contributed by atoms with Crippen LogP contribution in [0.3, 0.4) is 0 Å². The third kappa shape index (κ3) is 4.73. The zero-order valence-corrected chi connectivity index (χ0v) is 18.6. The molecule has 2 aromatic carbocycles. The highest BCUT2D eigenvalue weighted by Crippen LogP contribution is 2.33. The molecule has 1 fully saturated rings. The fraction of sp³-hybridized carbons (Fsp3) is 0.200. The van der Waals surface area contributed by atoms with Crippen molar-refractivity contribution >= 4 is 17.5 Å². The molecule has 0 N–H and O–H groups in total. The van der Waals surface area contributed by atoms with Gasteiger partial charge in [0, 0.05) is 29.5 Å². The third-order valence-corrected chi connectivity index (χ3v) is 5.91. The standard InChI is InChI=1S/C25H22ClN5O2/c26-19-8-10-20(11-9-19)33-24-16-27-15-22(29-24)23-7-3-14-31(23)25(32)21-6-2-1-5-18(21)17-30-13-4-12-28-30/h1-2,4-6,8-13,15-16,23H,3,7,14,17H2. The number of carbonyl (C=O) groups excluding carboxylic acids is 1. The molecular weight excluding hydrogens is 438 g/mol. The summed E-state index contributed by atoms with van der Waals surface area (Å²) in [7, 11) is 0. The molecule has 1 atom stereocenters. The second-order valence-electron chi connectivity index (χ2n) is 7.86. The first-order valence-corrected chi connectivity index (χ1v) is 11.2. The highest BCUT2D eigenvalue weighted by molar-refractivity contribution is 6.30. The smallest absolute Gasteiger partial charge is 0.254 e. The summed E-state index contributed by atoms with van der Waals surface area (Å²) < 4.78 is 7.66. The number of rotatable bonds is 6. The van der Waals surface area contributed by atoms with Crippen LogP contribution in [0.4, 0.5) is 0 Å². The Morgan fingerprint density at radius 3 is 2.76 bits per heavy atom. The predicted octanol–water partition coefficient (Wildman–Crippen LogP) is 5.14. The molecule has 2 aromatic heterocycles. The first kappa shape index (κ1) is 21.2. The van der Waals surface area contributed by atoms with E-state index in [9.17, 15) is 4.79 Å². The van der Waals surface area contributed by atoms with Crippen LogP contribution in [-0.4, -0.2) is 37.1 Å². The number of nitrogens with zero attached hydrogens (tertiary/aromatic N) is 5. The molecule has 4 aromatic rings. The van der Waals surface area contributed by atoms with E-state index in [0.29, 0.717) is 35.3 Å². The number of benzene rings is 2. The van der Waals surface area contributed by atoms with Gasteiger partial charge < -0.3 is 9.64 Å². The SMILES string of the molecule is O=C(c1ccccc1Cn1cccn1)N1CCCC1c1cncc(Oc2ccc(Cl)cc2)n1. The summed E-state index contributed by atoms with van der Waals surface area (Å²) in [6.45, 7) is 1.21. The van der Waals surface area contributed by atoms with E-state index >= 15 is 0 Å². The Kier molecular flexibility index (Phi) is 6.04. The number of carbonyl (C=O) groups is 1. The van der Waals surface area contributed by atoms with Crippen LogP contribution in [0.25, 0.3) is 0 Å². The molecule has 33 heavy (non-hydrogen) atoms. The van der Waals surface area contributed by atoms with Crippen molar-refractivity contribution in [2.24, 2.45) is 0 Å². The van der Waals surface area contributed by atoms with Crippen molar-refractivity contribution in [3.63, 3.8) is 0 Å². The molecule has 8 heteroatoms. The van der Waals surface area contributed by atoms with Crippen molar-refractivity contribution in [2.75, 3.05) is 6.54 Å². The van der Waals surface area contributed by atoms with Gasteiger partial charge in [0.15, 0.2) is 0 Å². The fourth-order valence-electron chi connectivity index (χ4n) is 4.10. The fourth-order valence-corrected chi connectivity index (χ4v) is 4.23. The maximum atomic E-state index is 13.6. The Morgan fingerprint density at radius 2 is 1.94 bits per heavy atom. The molecule has 166 valence electrons. The second-order valence-corrected chi connectivity index (χ2v) is 8.29. The van der Waals surface area contributed by atoms with Gasteiger partial charge in [-0.2, -0.15) is 5.10 Å². The van der Waals surface area contributed by atoms with Crippen molar-refractivity contribution in [2.45, 2.75) is 25.4 Å². The Labute approximate surface area is 196 Å². The van der Waals surface area contributed by atoms with Crippen molar-refractivity contribution in [3.05, 3.63) is 101 Å². The number of hydrogen-bond donors (Lipinski definition) is 0. The molecule has 0 bridgehead atoms. The molecule has 1 aliphatic rings. The van der Waals surface area contributed by atoms with Crippen LogP contribution in [0, 0.1) is 0 Å². The van der Waals surface area contributed by atoms with Crippen LogP contribution >= 0.6 is 11.6 Å². The number of likely N-dealkylation sites (tertiary alicyclic amines) is 1. The highest BCUT2D eigenvalue weighted by atomic mass is 35.5. The van der Waals surface area contributed by atoms with E-state index < -0.39 is 0 Å². The molecule has 7 nitrogen and oxygen atoms in total. The molecule has 5 rings (SSSR count). The zero-order valence-electron chi connectivity index (χ0n) is 17.8. The number of amides is 1. The van der Waals surface area contributed by atoms with Gasteiger partial charge in [0.25, 0.3) is 5.91 Å². The molecule has 0 radical (unpaired) electrons. The minimum absolute atomic E-state index is 0.00826. The zero-order chi connectivity index (χ0) is 22.6. The quantitative estimate of drug-likeness (QED) is 0.399. The number of ether oxygens (including phenoxy) is 1. The molecule has 1 saturated heterocycles. The Hall–Kier alpha value is -3.71. The summed E-state index contributed by atoms with van der Waals surface area (Å²) in [6.07, 6.45) is 8.63. The van der Waals surface area contributed by atoms with Gasteiger partial charge in [-0.25, -0.2) is 4.98 Å². The first-order valence-electron chi connectivity index (χ1n) is 10.8. The van der Waals surface area contributed by atoms with Crippen LogP contribution in [0.1, 0.15) is 40.5 Å². The van der Waals surface area contributed by atoms with Gasteiger partial charge in [-0.1, -0.05) is 29.8 Å². The van der Waals surface area contributed by atoms with Crippen LogP contribution in [-0.2, 0) is 6.54 Å². The van der Waals surface area contributed by atoms with E-state index in [-0.39, 0.29) is 11.9 Å². The minimum Gasteiger partial charge on any atom is -0.437 e. The van der Waals surface area contributed by atoms with Crippen molar-refractivity contribution in [1.29, 1.82) is 0 Å². The van der Waals surface area contributed by atoms with E-state index in [1.165, 1.54) is 0 Å².